The number of ether oxygens (including phenoxy) is 3. The zero-order valence-corrected chi connectivity index (χ0v) is 20.2. The molecule has 0 aliphatic carbocycles. The maximum Gasteiger partial charge on any atom is 0.251 e. The van der Waals surface area contributed by atoms with Crippen LogP contribution in [0, 0.1) is 0 Å². The van der Waals surface area contributed by atoms with Crippen LogP contribution in [-0.4, -0.2) is 68.3 Å². The van der Waals surface area contributed by atoms with Gasteiger partial charge >= 0.3 is 0 Å². The van der Waals surface area contributed by atoms with Gasteiger partial charge in [0.15, 0.2) is 11.5 Å². The molecule has 180 valence electrons. The van der Waals surface area contributed by atoms with Crippen LogP contribution < -0.4 is 24.4 Å². The van der Waals surface area contributed by atoms with E-state index in [4.69, 9.17) is 14.2 Å². The zero-order chi connectivity index (χ0) is 23.6. The highest BCUT2D eigenvalue weighted by Crippen LogP contribution is 2.39. The molecule has 1 aliphatic heterocycles. The Labute approximate surface area is 196 Å². The minimum atomic E-state index is -0.209. The SMILES string of the molecule is CCOc1cc(C(=O)NCc2ccc(N3CCN(CC)CC3)nc2)cc(OCC)c1OCC. The molecule has 1 aliphatic rings. The molecule has 0 atom stereocenters. The highest BCUT2D eigenvalue weighted by atomic mass is 16.5. The summed E-state index contributed by atoms with van der Waals surface area (Å²) in [5, 5.41) is 2.97. The largest absolute Gasteiger partial charge is 0.490 e. The Kier molecular flexibility index (Phi) is 9.18. The predicted molar refractivity (Wildman–Crippen MR) is 130 cm³/mol. The number of benzene rings is 1. The van der Waals surface area contributed by atoms with Gasteiger partial charge in [0.05, 0.1) is 19.8 Å². The first-order valence-corrected chi connectivity index (χ1v) is 11.9. The summed E-state index contributed by atoms with van der Waals surface area (Å²) in [6.45, 7) is 14.8. The summed E-state index contributed by atoms with van der Waals surface area (Å²) in [6.07, 6.45) is 1.83. The molecule has 0 saturated carbocycles. The number of aromatic nitrogens is 1. The molecule has 8 heteroatoms. The van der Waals surface area contributed by atoms with Gasteiger partial charge in [0, 0.05) is 44.5 Å². The Bertz CT molecular complexity index is 869. The number of hydrogen-bond donors (Lipinski definition) is 1. The number of hydrogen-bond acceptors (Lipinski definition) is 7. The van der Waals surface area contributed by atoms with E-state index in [9.17, 15) is 4.79 Å². The molecule has 1 aromatic heterocycles. The standard InChI is InChI=1S/C25H36N4O4/c1-5-28-11-13-29(14-12-28)23-10-9-19(17-26-23)18-27-25(30)20-15-21(31-6-2)24(33-8-4)22(16-20)32-7-3/h9-10,15-17H,5-8,11-14,18H2,1-4H3,(H,27,30). The number of pyridine rings is 1. The van der Waals surface area contributed by atoms with Crippen molar-refractivity contribution in [1.29, 1.82) is 0 Å². The first-order valence-electron chi connectivity index (χ1n) is 11.9. The lowest BCUT2D eigenvalue weighted by Crippen LogP contribution is -2.46. The number of amides is 1. The highest BCUT2D eigenvalue weighted by molar-refractivity contribution is 5.95. The summed E-state index contributed by atoms with van der Waals surface area (Å²) in [5.74, 6) is 2.31. The molecule has 1 amide bonds. The van der Waals surface area contributed by atoms with Crippen molar-refractivity contribution in [2.75, 3.05) is 57.4 Å². The number of nitrogens with one attached hydrogen (secondary N) is 1. The number of anilines is 1. The molecule has 0 unspecified atom stereocenters. The van der Waals surface area contributed by atoms with Gasteiger partial charge in [-0.1, -0.05) is 13.0 Å². The van der Waals surface area contributed by atoms with Gasteiger partial charge in [-0.2, -0.15) is 0 Å². The Morgan fingerprint density at radius 1 is 0.939 bits per heavy atom. The first kappa shape index (κ1) is 24.6. The molecule has 2 heterocycles. The Morgan fingerprint density at radius 3 is 2.09 bits per heavy atom. The van der Waals surface area contributed by atoms with E-state index in [1.807, 2.05) is 39.1 Å². The van der Waals surface area contributed by atoms with Crippen molar-refractivity contribution >= 4 is 11.7 Å². The van der Waals surface area contributed by atoms with Crippen LogP contribution >= 0.6 is 0 Å². The minimum Gasteiger partial charge on any atom is -0.490 e. The second-order valence-electron chi connectivity index (χ2n) is 7.73. The third-order valence-electron chi connectivity index (χ3n) is 5.58. The van der Waals surface area contributed by atoms with E-state index in [-0.39, 0.29) is 5.91 Å². The monoisotopic (exact) mass is 456 g/mol. The van der Waals surface area contributed by atoms with E-state index >= 15 is 0 Å². The number of likely N-dealkylation sites (N-methyl/N-ethyl adjacent to an activating group) is 1. The number of carbonyl (C=O) groups excluding carboxylic acids is 1. The summed E-state index contributed by atoms with van der Waals surface area (Å²) >= 11 is 0. The summed E-state index contributed by atoms with van der Waals surface area (Å²) in [4.78, 5) is 22.2. The fourth-order valence-corrected chi connectivity index (χ4v) is 3.81. The summed E-state index contributed by atoms with van der Waals surface area (Å²) in [5.41, 5.74) is 1.41. The van der Waals surface area contributed by atoms with Gasteiger partial charge in [0.25, 0.3) is 5.91 Å². The van der Waals surface area contributed by atoms with E-state index in [0.29, 0.717) is 49.2 Å². The van der Waals surface area contributed by atoms with Crippen LogP contribution in [0.5, 0.6) is 17.2 Å². The predicted octanol–water partition coefficient (Wildman–Crippen LogP) is 3.35. The van der Waals surface area contributed by atoms with E-state index < -0.39 is 0 Å². The number of piperazine rings is 1. The van der Waals surface area contributed by atoms with Gasteiger partial charge in [0.2, 0.25) is 5.75 Å². The van der Waals surface area contributed by atoms with Crippen LogP contribution in [0.25, 0.3) is 0 Å². The second kappa shape index (κ2) is 12.3. The molecule has 0 bridgehead atoms. The van der Waals surface area contributed by atoms with E-state index in [1.165, 1.54) is 0 Å². The molecule has 0 radical (unpaired) electrons. The summed E-state index contributed by atoms with van der Waals surface area (Å²) in [6, 6.07) is 7.44. The topological polar surface area (TPSA) is 76.2 Å². The maximum absolute atomic E-state index is 12.9. The lowest BCUT2D eigenvalue weighted by Gasteiger charge is -2.34. The molecule has 1 saturated heterocycles. The number of nitrogens with zero attached hydrogens (tertiary/aromatic N) is 3. The lowest BCUT2D eigenvalue weighted by molar-refractivity contribution is 0.0949. The van der Waals surface area contributed by atoms with E-state index in [0.717, 1.165) is 44.1 Å². The Morgan fingerprint density at radius 2 is 1.58 bits per heavy atom. The van der Waals surface area contributed by atoms with Crippen molar-refractivity contribution in [3.8, 4) is 17.2 Å². The molecule has 1 fully saturated rings. The van der Waals surface area contributed by atoms with Crippen molar-refractivity contribution in [2.24, 2.45) is 0 Å². The van der Waals surface area contributed by atoms with Gasteiger partial charge in [-0.15, -0.1) is 0 Å². The molecular formula is C25H36N4O4. The second-order valence-corrected chi connectivity index (χ2v) is 7.73. The first-order chi connectivity index (χ1) is 16.1. The van der Waals surface area contributed by atoms with Crippen LogP contribution in [-0.2, 0) is 6.54 Å². The van der Waals surface area contributed by atoms with Gasteiger partial charge in [-0.3, -0.25) is 4.79 Å². The third kappa shape index (κ3) is 6.51. The van der Waals surface area contributed by atoms with Crippen LogP contribution in [0.4, 0.5) is 5.82 Å². The van der Waals surface area contributed by atoms with Crippen LogP contribution in [0.3, 0.4) is 0 Å². The fourth-order valence-electron chi connectivity index (χ4n) is 3.81. The molecule has 1 aromatic carbocycles. The van der Waals surface area contributed by atoms with Gasteiger partial charge in [-0.25, -0.2) is 4.98 Å². The van der Waals surface area contributed by atoms with Crippen molar-refractivity contribution < 1.29 is 19.0 Å². The van der Waals surface area contributed by atoms with Gasteiger partial charge in [0.1, 0.15) is 5.82 Å². The summed E-state index contributed by atoms with van der Waals surface area (Å²) in [7, 11) is 0. The molecular weight excluding hydrogens is 420 g/mol. The maximum atomic E-state index is 12.9. The molecule has 33 heavy (non-hydrogen) atoms. The quantitative estimate of drug-likeness (QED) is 0.556. The molecule has 1 N–H and O–H groups in total. The fraction of sp³-hybridized carbons (Fsp3) is 0.520. The normalized spacial score (nSPS) is 14.1. The molecule has 0 spiro atoms. The van der Waals surface area contributed by atoms with Crippen molar-refractivity contribution in [2.45, 2.75) is 34.2 Å². The van der Waals surface area contributed by atoms with E-state index in [2.05, 4.69) is 27.0 Å². The van der Waals surface area contributed by atoms with Gasteiger partial charge in [-0.05, 0) is 51.1 Å². The van der Waals surface area contributed by atoms with Crippen LogP contribution in [0.1, 0.15) is 43.6 Å². The smallest absolute Gasteiger partial charge is 0.251 e. The molecule has 2 aromatic rings. The average Bonchev–Trinajstić information content (AvgIpc) is 2.85. The average molecular weight is 457 g/mol. The Balaban J connectivity index is 1.65. The third-order valence-corrected chi connectivity index (χ3v) is 5.58. The number of carbonyl (C=O) groups is 1. The Hall–Kier alpha value is -3.00. The van der Waals surface area contributed by atoms with Crippen molar-refractivity contribution in [3.05, 3.63) is 41.6 Å². The summed E-state index contributed by atoms with van der Waals surface area (Å²) < 4.78 is 17.1. The highest BCUT2D eigenvalue weighted by Gasteiger charge is 2.19. The van der Waals surface area contributed by atoms with Crippen LogP contribution in [0.15, 0.2) is 30.5 Å². The molecule has 8 nitrogen and oxygen atoms in total. The number of rotatable bonds is 11. The zero-order valence-electron chi connectivity index (χ0n) is 20.2. The molecule has 3 rings (SSSR count). The van der Waals surface area contributed by atoms with Gasteiger partial charge < -0.3 is 29.3 Å². The van der Waals surface area contributed by atoms with Crippen LogP contribution in [0.2, 0.25) is 0 Å². The lowest BCUT2D eigenvalue weighted by atomic mass is 10.1. The van der Waals surface area contributed by atoms with E-state index in [1.54, 1.807) is 12.1 Å². The van der Waals surface area contributed by atoms with Crippen molar-refractivity contribution in [1.82, 2.24) is 15.2 Å². The minimum absolute atomic E-state index is 0.209. The van der Waals surface area contributed by atoms with Crippen molar-refractivity contribution in [3.63, 3.8) is 0 Å².